The van der Waals surface area contributed by atoms with Gasteiger partial charge < -0.3 is 15.0 Å². The summed E-state index contributed by atoms with van der Waals surface area (Å²) in [4.78, 5) is 37.6. The topological polar surface area (TPSA) is 104 Å². The lowest BCUT2D eigenvalue weighted by atomic mass is 10.2. The number of halogens is 1. The number of carbonyl (C=O) groups excluding carboxylic acids is 2. The fourth-order valence-corrected chi connectivity index (χ4v) is 2.03. The average molecular weight is 355 g/mol. The van der Waals surface area contributed by atoms with Crippen LogP contribution in [0.15, 0.2) is 23.0 Å². The number of H-pyrrole nitrogens is 1. The molecular weight excluding hydrogens is 336 g/mol. The standard InChI is InChI=1S/C15H18N4O4.ClH/c1-4-23-15(22)13-14(21)10-7-9(5-6-11(10)17-18-13)16-12(20)8-19(2)3;/h5-7H,4,8H2,1-3H3,(H,16,20)(H,17,21);1H. The molecule has 0 bridgehead atoms. The molecule has 2 N–H and O–H groups in total. The average Bonchev–Trinajstić information content (AvgIpc) is 2.47. The first kappa shape index (κ1) is 19.6. The molecule has 2 aromatic rings. The van der Waals surface area contributed by atoms with E-state index in [0.717, 1.165) is 0 Å². The van der Waals surface area contributed by atoms with Gasteiger partial charge in [0.25, 0.3) is 0 Å². The summed E-state index contributed by atoms with van der Waals surface area (Å²) in [5.41, 5.74) is 0.0848. The Kier molecular flexibility index (Phi) is 6.87. The van der Waals surface area contributed by atoms with E-state index >= 15 is 0 Å². The number of esters is 1. The third-order valence-corrected chi connectivity index (χ3v) is 2.98. The summed E-state index contributed by atoms with van der Waals surface area (Å²) in [6.07, 6.45) is 0. The minimum absolute atomic E-state index is 0. The number of nitrogens with zero attached hydrogens (tertiary/aromatic N) is 2. The van der Waals surface area contributed by atoms with Crippen molar-refractivity contribution >= 4 is 40.9 Å². The monoisotopic (exact) mass is 354 g/mol. The summed E-state index contributed by atoms with van der Waals surface area (Å²) in [5.74, 6) is -0.983. The second-order valence-corrected chi connectivity index (χ2v) is 5.17. The molecule has 8 nitrogen and oxygen atoms in total. The van der Waals surface area contributed by atoms with Crippen molar-refractivity contribution in [3.8, 4) is 0 Å². The van der Waals surface area contributed by atoms with Crippen LogP contribution in [0.4, 0.5) is 5.69 Å². The van der Waals surface area contributed by atoms with E-state index in [1.807, 2.05) is 0 Å². The van der Waals surface area contributed by atoms with Crippen molar-refractivity contribution in [2.24, 2.45) is 0 Å². The van der Waals surface area contributed by atoms with Crippen LogP contribution in [0.2, 0.25) is 0 Å². The number of aromatic amines is 1. The van der Waals surface area contributed by atoms with Crippen LogP contribution in [0.25, 0.3) is 10.9 Å². The molecule has 0 atom stereocenters. The van der Waals surface area contributed by atoms with Crippen molar-refractivity contribution in [2.75, 3.05) is 32.6 Å². The summed E-state index contributed by atoms with van der Waals surface area (Å²) in [6.45, 7) is 2.02. The highest BCUT2D eigenvalue weighted by molar-refractivity contribution is 5.96. The highest BCUT2D eigenvalue weighted by Crippen LogP contribution is 2.14. The van der Waals surface area contributed by atoms with Crippen LogP contribution in [0.3, 0.4) is 0 Å². The van der Waals surface area contributed by atoms with E-state index in [4.69, 9.17) is 4.74 Å². The van der Waals surface area contributed by atoms with E-state index in [1.165, 1.54) is 6.07 Å². The number of hydrogen-bond acceptors (Lipinski definition) is 6. The smallest absolute Gasteiger partial charge is 0.362 e. The largest absolute Gasteiger partial charge is 0.461 e. The highest BCUT2D eigenvalue weighted by Gasteiger charge is 2.16. The van der Waals surface area contributed by atoms with Crippen molar-refractivity contribution in [1.82, 2.24) is 15.1 Å². The molecule has 0 spiro atoms. The van der Waals surface area contributed by atoms with Crippen molar-refractivity contribution in [2.45, 2.75) is 6.92 Å². The van der Waals surface area contributed by atoms with Crippen molar-refractivity contribution < 1.29 is 14.3 Å². The van der Waals surface area contributed by atoms with Crippen LogP contribution in [-0.2, 0) is 9.53 Å². The van der Waals surface area contributed by atoms with Crippen LogP contribution in [0.1, 0.15) is 17.4 Å². The van der Waals surface area contributed by atoms with Gasteiger partial charge in [0.2, 0.25) is 17.0 Å². The molecule has 0 aliphatic heterocycles. The van der Waals surface area contributed by atoms with Gasteiger partial charge in [-0.05, 0) is 39.2 Å². The van der Waals surface area contributed by atoms with Gasteiger partial charge in [0.05, 0.1) is 24.1 Å². The number of nitrogens with one attached hydrogen (secondary N) is 2. The maximum absolute atomic E-state index is 12.4. The number of aromatic nitrogens is 2. The molecule has 1 aromatic carbocycles. The lowest BCUT2D eigenvalue weighted by Gasteiger charge is -2.10. The maximum Gasteiger partial charge on any atom is 0.362 e. The first-order valence-electron chi connectivity index (χ1n) is 7.06. The number of likely N-dealkylation sites (N-methyl/N-ethyl adjacent to an activating group) is 1. The summed E-state index contributed by atoms with van der Waals surface area (Å²) in [7, 11) is 3.56. The molecule has 1 amide bonds. The van der Waals surface area contributed by atoms with Crippen LogP contribution >= 0.6 is 12.4 Å². The number of ether oxygens (including phenoxy) is 1. The van der Waals surface area contributed by atoms with Crippen molar-refractivity contribution in [3.63, 3.8) is 0 Å². The zero-order chi connectivity index (χ0) is 17.0. The SMILES string of the molecule is CCOC(=O)c1n[nH]c2ccc(NC(=O)CN(C)C)cc2c1=O.Cl. The third kappa shape index (κ3) is 4.53. The lowest BCUT2D eigenvalue weighted by Crippen LogP contribution is -2.27. The van der Waals surface area contributed by atoms with Crippen LogP contribution < -0.4 is 10.7 Å². The zero-order valence-electron chi connectivity index (χ0n) is 13.6. The molecule has 1 heterocycles. The van der Waals surface area contributed by atoms with Crippen LogP contribution in [0, 0.1) is 0 Å². The Labute approximate surface area is 144 Å². The maximum atomic E-state index is 12.4. The van der Waals surface area contributed by atoms with Gasteiger partial charge >= 0.3 is 5.97 Å². The first-order chi connectivity index (χ1) is 10.9. The second-order valence-electron chi connectivity index (χ2n) is 5.17. The number of anilines is 1. The molecule has 9 heteroatoms. The zero-order valence-corrected chi connectivity index (χ0v) is 14.4. The van der Waals surface area contributed by atoms with Gasteiger partial charge in [0.1, 0.15) is 0 Å². The summed E-state index contributed by atoms with van der Waals surface area (Å²) >= 11 is 0. The minimum Gasteiger partial charge on any atom is -0.461 e. The van der Waals surface area contributed by atoms with E-state index < -0.39 is 11.4 Å². The quantitative estimate of drug-likeness (QED) is 0.777. The summed E-state index contributed by atoms with van der Waals surface area (Å²) < 4.78 is 4.80. The van der Waals surface area contributed by atoms with E-state index in [-0.39, 0.29) is 42.5 Å². The fourth-order valence-electron chi connectivity index (χ4n) is 2.03. The van der Waals surface area contributed by atoms with E-state index in [2.05, 4.69) is 15.5 Å². The molecule has 0 aliphatic carbocycles. The first-order valence-corrected chi connectivity index (χ1v) is 7.06. The molecule has 0 saturated heterocycles. The molecule has 0 saturated carbocycles. The predicted molar refractivity (Wildman–Crippen MR) is 92.8 cm³/mol. The summed E-state index contributed by atoms with van der Waals surface area (Å²) in [5, 5.41) is 9.34. The molecule has 130 valence electrons. The number of hydrogen-bond donors (Lipinski definition) is 2. The second kappa shape index (κ2) is 8.42. The molecule has 1 aromatic heterocycles. The van der Waals surface area contributed by atoms with Crippen LogP contribution in [0.5, 0.6) is 0 Å². The van der Waals surface area contributed by atoms with Gasteiger partial charge in [-0.3, -0.25) is 14.7 Å². The fraction of sp³-hybridized carbons (Fsp3) is 0.333. The molecule has 0 aliphatic rings. The van der Waals surface area contributed by atoms with Crippen LogP contribution in [-0.4, -0.2) is 54.2 Å². The normalized spacial score (nSPS) is 10.3. The van der Waals surface area contributed by atoms with Gasteiger partial charge in [-0.25, -0.2) is 4.79 Å². The Bertz CT molecular complexity index is 804. The molecule has 0 unspecified atom stereocenters. The van der Waals surface area contributed by atoms with Gasteiger partial charge in [0.15, 0.2) is 0 Å². The number of benzene rings is 1. The highest BCUT2D eigenvalue weighted by atomic mass is 35.5. The Morgan fingerprint density at radius 1 is 1.33 bits per heavy atom. The molecule has 0 radical (unpaired) electrons. The molecule has 24 heavy (non-hydrogen) atoms. The predicted octanol–water partition coefficient (Wildman–Crippen LogP) is 1.02. The Balaban J connectivity index is 0.00000288. The third-order valence-electron chi connectivity index (χ3n) is 2.98. The number of fused-ring (bicyclic) bond motifs is 1. The van der Waals surface area contributed by atoms with Gasteiger partial charge in [-0.2, -0.15) is 5.10 Å². The minimum atomic E-state index is -0.780. The molecule has 2 rings (SSSR count). The number of amides is 1. The molecular formula is C15H19ClN4O4. The van der Waals surface area contributed by atoms with Crippen molar-refractivity contribution in [3.05, 3.63) is 34.1 Å². The summed E-state index contributed by atoms with van der Waals surface area (Å²) in [6, 6.07) is 4.77. The van der Waals surface area contributed by atoms with E-state index in [9.17, 15) is 14.4 Å². The molecule has 0 fully saturated rings. The van der Waals surface area contributed by atoms with Crippen molar-refractivity contribution in [1.29, 1.82) is 0 Å². The number of carbonyl (C=O) groups is 2. The Morgan fingerprint density at radius 2 is 2.04 bits per heavy atom. The Hall–Kier alpha value is -2.45. The Morgan fingerprint density at radius 3 is 2.67 bits per heavy atom. The lowest BCUT2D eigenvalue weighted by molar-refractivity contribution is -0.116. The van der Waals surface area contributed by atoms with E-state index in [0.29, 0.717) is 11.2 Å². The number of rotatable bonds is 5. The van der Waals surface area contributed by atoms with Gasteiger partial charge in [-0.15, -0.1) is 12.4 Å². The van der Waals surface area contributed by atoms with Gasteiger partial charge in [-0.1, -0.05) is 0 Å². The van der Waals surface area contributed by atoms with E-state index in [1.54, 1.807) is 38.1 Å². The van der Waals surface area contributed by atoms with Gasteiger partial charge in [0, 0.05) is 5.69 Å².